The van der Waals surface area contributed by atoms with Crippen LogP contribution in [0.15, 0.2) is 0 Å². The monoisotopic (exact) mass is 256 g/mol. The first-order valence-electron chi connectivity index (χ1n) is 7.14. The molecule has 2 rings (SSSR count). The van der Waals surface area contributed by atoms with Crippen molar-refractivity contribution in [1.82, 2.24) is 10.2 Å². The standard InChI is InChI=1S/C14H28N2S/c1-14(2)11-16(10-6-9-15-14)12-7-4-5-8-13(12)17-3/h12-13,15H,4-11H2,1-3H3. The predicted molar refractivity (Wildman–Crippen MR) is 77.8 cm³/mol. The molecule has 1 saturated heterocycles. The molecule has 2 unspecified atom stereocenters. The Bertz CT molecular complexity index is 242. The van der Waals surface area contributed by atoms with Crippen LogP contribution in [-0.4, -0.2) is 47.6 Å². The summed E-state index contributed by atoms with van der Waals surface area (Å²) in [5, 5.41) is 4.55. The minimum absolute atomic E-state index is 0.289. The lowest BCUT2D eigenvalue weighted by molar-refractivity contribution is 0.141. The molecular formula is C14H28N2S. The predicted octanol–water partition coefficient (Wildman–Crippen LogP) is 2.73. The first-order chi connectivity index (χ1) is 8.12. The first-order valence-corrected chi connectivity index (χ1v) is 8.43. The summed E-state index contributed by atoms with van der Waals surface area (Å²) in [6.07, 6.45) is 9.33. The van der Waals surface area contributed by atoms with Crippen molar-refractivity contribution in [3.63, 3.8) is 0 Å². The van der Waals surface area contributed by atoms with E-state index in [0.29, 0.717) is 0 Å². The molecule has 1 aliphatic carbocycles. The maximum atomic E-state index is 3.67. The zero-order valence-electron chi connectivity index (χ0n) is 11.7. The van der Waals surface area contributed by atoms with Crippen LogP contribution in [0.5, 0.6) is 0 Å². The van der Waals surface area contributed by atoms with Gasteiger partial charge < -0.3 is 5.32 Å². The molecule has 1 aliphatic heterocycles. The highest BCUT2D eigenvalue weighted by atomic mass is 32.2. The number of rotatable bonds is 2. The number of nitrogens with zero attached hydrogens (tertiary/aromatic N) is 1. The summed E-state index contributed by atoms with van der Waals surface area (Å²) in [6.45, 7) is 8.39. The highest BCUT2D eigenvalue weighted by Crippen LogP contribution is 2.32. The largest absolute Gasteiger partial charge is 0.310 e. The van der Waals surface area contributed by atoms with Crippen molar-refractivity contribution >= 4 is 11.8 Å². The van der Waals surface area contributed by atoms with Crippen LogP contribution in [0.1, 0.15) is 46.0 Å². The van der Waals surface area contributed by atoms with Crippen molar-refractivity contribution in [2.75, 3.05) is 25.9 Å². The molecule has 0 aromatic rings. The fraction of sp³-hybridized carbons (Fsp3) is 1.00. The van der Waals surface area contributed by atoms with E-state index in [0.717, 1.165) is 11.3 Å². The summed E-state index contributed by atoms with van der Waals surface area (Å²) in [4.78, 5) is 2.78. The van der Waals surface area contributed by atoms with Crippen molar-refractivity contribution in [2.24, 2.45) is 0 Å². The van der Waals surface area contributed by atoms with E-state index in [1.54, 1.807) is 0 Å². The molecule has 0 amide bonds. The van der Waals surface area contributed by atoms with Crippen molar-refractivity contribution in [3.8, 4) is 0 Å². The van der Waals surface area contributed by atoms with Gasteiger partial charge in [-0.1, -0.05) is 12.8 Å². The molecule has 0 radical (unpaired) electrons. The molecule has 2 atom stereocenters. The average Bonchev–Trinajstić information content (AvgIpc) is 2.50. The van der Waals surface area contributed by atoms with Gasteiger partial charge in [0.25, 0.3) is 0 Å². The van der Waals surface area contributed by atoms with E-state index >= 15 is 0 Å². The highest BCUT2D eigenvalue weighted by Gasteiger charge is 2.33. The molecule has 0 spiro atoms. The van der Waals surface area contributed by atoms with E-state index in [4.69, 9.17) is 0 Å². The van der Waals surface area contributed by atoms with Crippen molar-refractivity contribution in [2.45, 2.75) is 62.8 Å². The molecule has 1 saturated carbocycles. The van der Waals surface area contributed by atoms with Gasteiger partial charge in [0.1, 0.15) is 0 Å². The quantitative estimate of drug-likeness (QED) is 0.818. The summed E-state index contributed by atoms with van der Waals surface area (Å²) < 4.78 is 0. The molecule has 2 aliphatic rings. The van der Waals surface area contributed by atoms with Gasteiger partial charge in [-0.2, -0.15) is 11.8 Å². The fourth-order valence-electron chi connectivity index (χ4n) is 3.40. The van der Waals surface area contributed by atoms with Crippen LogP contribution in [0.2, 0.25) is 0 Å². The van der Waals surface area contributed by atoms with Gasteiger partial charge in [0.05, 0.1) is 0 Å². The van der Waals surface area contributed by atoms with Crippen LogP contribution in [0.25, 0.3) is 0 Å². The third-order valence-electron chi connectivity index (χ3n) is 4.26. The van der Waals surface area contributed by atoms with Gasteiger partial charge in [-0.3, -0.25) is 4.90 Å². The maximum absolute atomic E-state index is 3.67. The second-order valence-electron chi connectivity index (χ2n) is 6.26. The number of thioether (sulfide) groups is 1. The maximum Gasteiger partial charge on any atom is 0.0252 e. The SMILES string of the molecule is CSC1CCCCC1N1CCCNC(C)(C)C1. The van der Waals surface area contributed by atoms with Crippen molar-refractivity contribution in [1.29, 1.82) is 0 Å². The Hall–Kier alpha value is 0.270. The molecule has 2 fully saturated rings. The molecule has 0 bridgehead atoms. The Labute approximate surface area is 111 Å². The van der Waals surface area contributed by atoms with Gasteiger partial charge in [-0.25, -0.2) is 0 Å². The minimum atomic E-state index is 0.289. The van der Waals surface area contributed by atoms with Crippen molar-refractivity contribution in [3.05, 3.63) is 0 Å². The van der Waals surface area contributed by atoms with Gasteiger partial charge in [0.15, 0.2) is 0 Å². The summed E-state index contributed by atoms with van der Waals surface area (Å²) in [5.41, 5.74) is 0.289. The molecule has 3 heteroatoms. The molecule has 1 N–H and O–H groups in total. The smallest absolute Gasteiger partial charge is 0.0252 e. The second-order valence-corrected chi connectivity index (χ2v) is 7.34. The average molecular weight is 256 g/mol. The van der Waals surface area contributed by atoms with Gasteiger partial charge >= 0.3 is 0 Å². The lowest BCUT2D eigenvalue weighted by Crippen LogP contribution is -2.52. The first kappa shape index (κ1) is 13.7. The second kappa shape index (κ2) is 5.94. The van der Waals surface area contributed by atoms with E-state index < -0.39 is 0 Å². The molecule has 17 heavy (non-hydrogen) atoms. The lowest BCUT2D eigenvalue weighted by Gasteiger charge is -2.41. The Morgan fingerprint density at radius 2 is 1.94 bits per heavy atom. The van der Waals surface area contributed by atoms with E-state index in [-0.39, 0.29) is 5.54 Å². The van der Waals surface area contributed by atoms with E-state index in [2.05, 4.69) is 42.1 Å². The van der Waals surface area contributed by atoms with Crippen LogP contribution in [0.3, 0.4) is 0 Å². The Kier molecular flexibility index (Phi) is 4.79. The third-order valence-corrected chi connectivity index (χ3v) is 5.42. The number of nitrogens with one attached hydrogen (secondary N) is 1. The van der Waals surface area contributed by atoms with Crippen LogP contribution in [0.4, 0.5) is 0 Å². The Morgan fingerprint density at radius 3 is 2.71 bits per heavy atom. The van der Waals surface area contributed by atoms with Crippen LogP contribution >= 0.6 is 11.8 Å². The number of hydrogen-bond acceptors (Lipinski definition) is 3. The van der Waals surface area contributed by atoms with Crippen molar-refractivity contribution < 1.29 is 0 Å². The van der Waals surface area contributed by atoms with Crippen LogP contribution in [0, 0.1) is 0 Å². The summed E-state index contributed by atoms with van der Waals surface area (Å²) >= 11 is 2.09. The summed E-state index contributed by atoms with van der Waals surface area (Å²) in [6, 6.07) is 0.831. The highest BCUT2D eigenvalue weighted by molar-refractivity contribution is 7.99. The van der Waals surface area contributed by atoms with Gasteiger partial charge in [0.2, 0.25) is 0 Å². The molecule has 0 aromatic carbocycles. The molecule has 100 valence electrons. The van der Waals surface area contributed by atoms with Gasteiger partial charge in [-0.05, 0) is 52.5 Å². The minimum Gasteiger partial charge on any atom is -0.310 e. The van der Waals surface area contributed by atoms with Crippen LogP contribution in [-0.2, 0) is 0 Å². The Balaban J connectivity index is 2.02. The zero-order valence-corrected chi connectivity index (χ0v) is 12.5. The Morgan fingerprint density at radius 1 is 1.18 bits per heavy atom. The summed E-state index contributed by atoms with van der Waals surface area (Å²) in [7, 11) is 0. The molecule has 1 heterocycles. The molecule has 2 nitrogen and oxygen atoms in total. The topological polar surface area (TPSA) is 15.3 Å². The van der Waals surface area contributed by atoms with Gasteiger partial charge in [0, 0.05) is 23.4 Å². The molecule has 0 aromatic heterocycles. The molecular weight excluding hydrogens is 228 g/mol. The lowest BCUT2D eigenvalue weighted by atomic mass is 9.92. The normalized spacial score (nSPS) is 35.5. The van der Waals surface area contributed by atoms with E-state index in [1.807, 2.05) is 0 Å². The third kappa shape index (κ3) is 3.62. The van der Waals surface area contributed by atoms with Gasteiger partial charge in [-0.15, -0.1) is 0 Å². The van der Waals surface area contributed by atoms with Crippen LogP contribution < -0.4 is 5.32 Å². The van der Waals surface area contributed by atoms with E-state index in [1.165, 1.54) is 51.7 Å². The summed E-state index contributed by atoms with van der Waals surface area (Å²) in [5.74, 6) is 0. The number of hydrogen-bond donors (Lipinski definition) is 1. The fourth-order valence-corrected chi connectivity index (χ4v) is 4.43. The zero-order chi connectivity index (χ0) is 12.3. The van der Waals surface area contributed by atoms with E-state index in [9.17, 15) is 0 Å².